The molecular formula is C34H52N2O4. The van der Waals surface area contributed by atoms with E-state index >= 15 is 0 Å². The summed E-state index contributed by atoms with van der Waals surface area (Å²) < 4.78 is 10.9. The van der Waals surface area contributed by atoms with Crippen LogP contribution in [-0.4, -0.2) is 21.9 Å². The number of ether oxygens (including phenoxy) is 2. The highest BCUT2D eigenvalue weighted by molar-refractivity contribution is 5.73. The first kappa shape index (κ1) is 33.4. The van der Waals surface area contributed by atoms with Crippen molar-refractivity contribution in [2.45, 2.75) is 142 Å². The highest BCUT2D eigenvalue weighted by Crippen LogP contribution is 2.21. The van der Waals surface area contributed by atoms with Crippen molar-refractivity contribution in [2.24, 2.45) is 0 Å². The second-order valence-corrected chi connectivity index (χ2v) is 10.9. The number of hydrogen-bond acceptors (Lipinski definition) is 6. The molecule has 0 fully saturated rings. The smallest absolute Gasteiger partial charge is 0.311 e. The fourth-order valence-corrected chi connectivity index (χ4v) is 4.71. The van der Waals surface area contributed by atoms with Gasteiger partial charge in [-0.1, -0.05) is 117 Å². The molecule has 0 bridgehead atoms. The minimum absolute atomic E-state index is 0.195. The van der Waals surface area contributed by atoms with Crippen LogP contribution in [-0.2, 0) is 9.59 Å². The van der Waals surface area contributed by atoms with Crippen LogP contribution in [0.3, 0.4) is 0 Å². The van der Waals surface area contributed by atoms with Gasteiger partial charge in [-0.25, -0.2) is 9.97 Å². The van der Waals surface area contributed by atoms with Gasteiger partial charge in [-0.05, 0) is 37.1 Å². The molecule has 2 aromatic rings. The molecule has 1 aromatic carbocycles. The molecule has 2 rings (SSSR count). The third kappa shape index (κ3) is 15.7. The summed E-state index contributed by atoms with van der Waals surface area (Å²) in [5, 5.41) is 0. The van der Waals surface area contributed by atoms with E-state index in [0.717, 1.165) is 31.2 Å². The van der Waals surface area contributed by atoms with Gasteiger partial charge in [-0.2, -0.15) is 0 Å². The van der Waals surface area contributed by atoms with E-state index < -0.39 is 0 Å². The molecule has 0 radical (unpaired) electrons. The van der Waals surface area contributed by atoms with Crippen molar-refractivity contribution < 1.29 is 19.1 Å². The van der Waals surface area contributed by atoms with Crippen LogP contribution in [0.15, 0.2) is 36.7 Å². The Balaban J connectivity index is 1.60. The number of unbranched alkanes of at least 4 members (excludes halogenated alkanes) is 16. The Kier molecular flexibility index (Phi) is 18.4. The van der Waals surface area contributed by atoms with Gasteiger partial charge in [-0.3, -0.25) is 9.59 Å². The molecule has 1 heterocycles. The zero-order valence-corrected chi connectivity index (χ0v) is 25.1. The molecule has 0 saturated carbocycles. The van der Waals surface area contributed by atoms with Gasteiger partial charge in [0.25, 0.3) is 0 Å². The SMILES string of the molecule is CCCCCCCCCCCCC(=O)Oc1cnc(-c2ccc(OC(=O)CCCCCCCCCC)cc2)nc1. The van der Waals surface area contributed by atoms with Crippen LogP contribution < -0.4 is 9.47 Å². The van der Waals surface area contributed by atoms with Gasteiger partial charge < -0.3 is 9.47 Å². The van der Waals surface area contributed by atoms with E-state index in [4.69, 9.17) is 9.47 Å². The minimum atomic E-state index is -0.242. The molecule has 0 saturated heterocycles. The third-order valence-corrected chi connectivity index (χ3v) is 7.17. The number of esters is 2. The molecule has 6 nitrogen and oxygen atoms in total. The molecule has 1 aromatic heterocycles. The fraction of sp³-hybridized carbons (Fsp3) is 0.647. The third-order valence-electron chi connectivity index (χ3n) is 7.17. The van der Waals surface area contributed by atoms with Gasteiger partial charge in [0, 0.05) is 18.4 Å². The molecule has 0 aliphatic carbocycles. The fourth-order valence-electron chi connectivity index (χ4n) is 4.71. The zero-order chi connectivity index (χ0) is 28.7. The molecule has 0 amide bonds. The van der Waals surface area contributed by atoms with E-state index in [1.165, 1.54) is 102 Å². The molecule has 0 atom stereocenters. The number of aromatic nitrogens is 2. The monoisotopic (exact) mass is 552 g/mol. The average Bonchev–Trinajstić information content (AvgIpc) is 2.96. The summed E-state index contributed by atoms with van der Waals surface area (Å²) in [5.41, 5.74) is 0.797. The Bertz CT molecular complexity index is 928. The van der Waals surface area contributed by atoms with E-state index in [2.05, 4.69) is 23.8 Å². The van der Waals surface area contributed by atoms with E-state index in [1.807, 2.05) is 12.1 Å². The Labute approximate surface area is 242 Å². The maximum Gasteiger partial charge on any atom is 0.311 e. The summed E-state index contributed by atoms with van der Waals surface area (Å²) in [4.78, 5) is 33.0. The summed E-state index contributed by atoms with van der Waals surface area (Å²) in [6.07, 6.45) is 25.8. The van der Waals surface area contributed by atoms with Crippen LogP contribution in [0.4, 0.5) is 0 Å². The van der Waals surface area contributed by atoms with Crippen LogP contribution >= 0.6 is 0 Å². The second-order valence-electron chi connectivity index (χ2n) is 10.9. The Hall–Kier alpha value is -2.76. The van der Waals surface area contributed by atoms with E-state index in [9.17, 15) is 9.59 Å². The highest BCUT2D eigenvalue weighted by Gasteiger charge is 2.09. The quantitative estimate of drug-likeness (QED) is 0.0775. The van der Waals surface area contributed by atoms with Crippen molar-refractivity contribution in [3.63, 3.8) is 0 Å². The molecule has 0 aliphatic rings. The zero-order valence-electron chi connectivity index (χ0n) is 25.1. The van der Waals surface area contributed by atoms with Crippen LogP contribution in [0.5, 0.6) is 11.5 Å². The summed E-state index contributed by atoms with van der Waals surface area (Å²) in [6.45, 7) is 4.47. The first-order valence-electron chi connectivity index (χ1n) is 16.0. The van der Waals surface area contributed by atoms with E-state index in [1.54, 1.807) is 12.1 Å². The van der Waals surface area contributed by atoms with Crippen molar-refractivity contribution in [3.05, 3.63) is 36.7 Å². The number of benzene rings is 1. The maximum absolute atomic E-state index is 12.2. The Morgan fingerprint density at radius 1 is 0.525 bits per heavy atom. The number of hydrogen-bond donors (Lipinski definition) is 0. The molecule has 0 spiro atoms. The minimum Gasteiger partial charge on any atom is -0.427 e. The van der Waals surface area contributed by atoms with Crippen molar-refractivity contribution >= 4 is 11.9 Å². The van der Waals surface area contributed by atoms with Gasteiger partial charge in [0.15, 0.2) is 11.6 Å². The standard InChI is InChI=1S/C34H52N2O4/c1-3-5-7-9-11-13-14-16-18-20-22-33(38)40-31-27-35-34(36-28-31)29-23-25-30(26-24-29)39-32(37)21-19-17-15-12-10-8-6-4-2/h23-28H,3-22H2,1-2H3. The lowest BCUT2D eigenvalue weighted by Crippen LogP contribution is -2.08. The molecular weight excluding hydrogens is 500 g/mol. The lowest BCUT2D eigenvalue weighted by molar-refractivity contribution is -0.135. The average molecular weight is 553 g/mol. The van der Waals surface area contributed by atoms with Gasteiger partial charge in [-0.15, -0.1) is 0 Å². The van der Waals surface area contributed by atoms with Crippen LogP contribution in [0.1, 0.15) is 142 Å². The maximum atomic E-state index is 12.2. The number of carbonyl (C=O) groups is 2. The van der Waals surface area contributed by atoms with Crippen LogP contribution in [0, 0.1) is 0 Å². The predicted molar refractivity (Wildman–Crippen MR) is 162 cm³/mol. The predicted octanol–water partition coefficient (Wildman–Crippen LogP) is 9.80. The molecule has 0 N–H and O–H groups in total. The summed E-state index contributed by atoms with van der Waals surface area (Å²) >= 11 is 0. The number of nitrogens with zero attached hydrogens (tertiary/aromatic N) is 2. The molecule has 0 unspecified atom stereocenters. The first-order valence-corrected chi connectivity index (χ1v) is 16.0. The summed E-state index contributed by atoms with van der Waals surface area (Å²) in [7, 11) is 0. The number of carbonyl (C=O) groups excluding carboxylic acids is 2. The largest absolute Gasteiger partial charge is 0.427 e. The summed E-state index contributed by atoms with van der Waals surface area (Å²) in [6, 6.07) is 7.16. The van der Waals surface area contributed by atoms with Crippen molar-refractivity contribution in [1.29, 1.82) is 0 Å². The molecule has 0 aliphatic heterocycles. The Morgan fingerprint density at radius 2 is 0.900 bits per heavy atom. The van der Waals surface area contributed by atoms with Crippen molar-refractivity contribution in [2.75, 3.05) is 0 Å². The van der Waals surface area contributed by atoms with Crippen LogP contribution in [0.2, 0.25) is 0 Å². The van der Waals surface area contributed by atoms with Crippen molar-refractivity contribution in [3.8, 4) is 22.9 Å². The number of rotatable bonds is 23. The van der Waals surface area contributed by atoms with Gasteiger partial charge >= 0.3 is 11.9 Å². The van der Waals surface area contributed by atoms with Gasteiger partial charge in [0.2, 0.25) is 0 Å². The molecule has 6 heteroatoms. The lowest BCUT2D eigenvalue weighted by atomic mass is 10.1. The van der Waals surface area contributed by atoms with Crippen molar-refractivity contribution in [1.82, 2.24) is 9.97 Å². The molecule has 222 valence electrons. The van der Waals surface area contributed by atoms with Crippen LogP contribution in [0.25, 0.3) is 11.4 Å². The van der Waals surface area contributed by atoms with E-state index in [0.29, 0.717) is 30.2 Å². The van der Waals surface area contributed by atoms with Gasteiger partial charge in [0.1, 0.15) is 5.75 Å². The first-order chi connectivity index (χ1) is 19.6. The lowest BCUT2D eigenvalue weighted by Gasteiger charge is -2.07. The topological polar surface area (TPSA) is 78.4 Å². The van der Waals surface area contributed by atoms with Gasteiger partial charge in [0.05, 0.1) is 12.4 Å². The second kappa shape index (κ2) is 22.0. The summed E-state index contributed by atoms with van der Waals surface area (Å²) in [5.74, 6) is 0.956. The molecule has 40 heavy (non-hydrogen) atoms. The highest BCUT2D eigenvalue weighted by atomic mass is 16.5. The normalized spacial score (nSPS) is 10.9. The van der Waals surface area contributed by atoms with E-state index in [-0.39, 0.29) is 11.9 Å². The Morgan fingerprint density at radius 3 is 1.32 bits per heavy atom.